The van der Waals surface area contributed by atoms with Crippen LogP contribution in [-0.4, -0.2) is 5.78 Å². The fourth-order valence-electron chi connectivity index (χ4n) is 2.42. The van der Waals surface area contributed by atoms with Crippen molar-refractivity contribution in [3.05, 3.63) is 35.4 Å². The normalized spacial score (nSPS) is 11.0. The van der Waals surface area contributed by atoms with Gasteiger partial charge in [0.25, 0.3) is 0 Å². The number of Topliss-reactive ketones (excluding diaryl/α,β-unsaturated/α-hetero) is 1. The number of carbonyl (C=O) groups excluding carboxylic acids is 1. The summed E-state index contributed by atoms with van der Waals surface area (Å²) in [5.74, 6) is 1.20. The second-order valence-corrected chi connectivity index (χ2v) is 6.20. The summed E-state index contributed by atoms with van der Waals surface area (Å²) in [4.78, 5) is 11.2. The largest absolute Gasteiger partial charge is 0.300 e. The summed E-state index contributed by atoms with van der Waals surface area (Å²) in [6, 6.07) is 9.05. The number of hydrogen-bond acceptors (Lipinski definition) is 1. The molecule has 0 saturated carbocycles. The van der Waals surface area contributed by atoms with Crippen LogP contribution in [0.25, 0.3) is 0 Å². The highest BCUT2D eigenvalue weighted by Crippen LogP contribution is 2.13. The van der Waals surface area contributed by atoms with Gasteiger partial charge in [0.2, 0.25) is 0 Å². The van der Waals surface area contributed by atoms with Crippen molar-refractivity contribution in [3.8, 4) is 0 Å². The average Bonchev–Trinajstić information content (AvgIpc) is 2.44. The minimum absolute atomic E-state index is 0.394. The molecule has 1 aromatic rings. The van der Waals surface area contributed by atoms with Crippen molar-refractivity contribution < 1.29 is 4.79 Å². The molecule has 0 bridgehead atoms. The van der Waals surface area contributed by atoms with E-state index in [1.54, 1.807) is 0 Å². The van der Waals surface area contributed by atoms with Gasteiger partial charge >= 0.3 is 0 Å². The summed E-state index contributed by atoms with van der Waals surface area (Å²) >= 11 is 0. The summed E-state index contributed by atoms with van der Waals surface area (Å²) < 4.78 is 0. The van der Waals surface area contributed by atoms with Crippen LogP contribution in [0.4, 0.5) is 0 Å². The molecule has 0 fully saturated rings. The van der Waals surface area contributed by atoms with E-state index >= 15 is 0 Å². The Balaban J connectivity index is 2.23. The maximum Gasteiger partial charge on any atom is 0.132 e. The predicted molar refractivity (Wildman–Crippen MR) is 87.1 cm³/mol. The van der Waals surface area contributed by atoms with Crippen LogP contribution in [0.5, 0.6) is 0 Å². The molecule has 0 radical (unpaired) electrons. The summed E-state index contributed by atoms with van der Waals surface area (Å²) in [6.07, 6.45) is 8.49. The second kappa shape index (κ2) is 9.74. The van der Waals surface area contributed by atoms with Gasteiger partial charge in [-0.2, -0.15) is 0 Å². The monoisotopic (exact) mass is 274 g/mol. The van der Waals surface area contributed by atoms with E-state index in [0.717, 1.165) is 31.6 Å². The van der Waals surface area contributed by atoms with E-state index < -0.39 is 0 Å². The molecule has 0 unspecified atom stereocenters. The Bertz CT molecular complexity index is 375. The van der Waals surface area contributed by atoms with Crippen molar-refractivity contribution in [1.82, 2.24) is 0 Å². The highest BCUT2D eigenvalue weighted by Gasteiger charge is 2.00. The maximum atomic E-state index is 11.2. The minimum Gasteiger partial charge on any atom is -0.300 e. The number of benzene rings is 1. The van der Waals surface area contributed by atoms with E-state index in [0.29, 0.717) is 12.2 Å². The first kappa shape index (κ1) is 16.9. The first-order chi connectivity index (χ1) is 9.61. The molecule has 0 aromatic heterocycles. The van der Waals surface area contributed by atoms with Gasteiger partial charge in [0.15, 0.2) is 0 Å². The Labute approximate surface area is 124 Å². The smallest absolute Gasteiger partial charge is 0.132 e. The molecule has 112 valence electrons. The zero-order valence-electron chi connectivity index (χ0n) is 13.5. The van der Waals surface area contributed by atoms with Crippen molar-refractivity contribution in [2.45, 2.75) is 72.1 Å². The minimum atomic E-state index is 0.394. The molecule has 20 heavy (non-hydrogen) atoms. The van der Waals surface area contributed by atoms with Gasteiger partial charge in [-0.15, -0.1) is 0 Å². The molecule has 0 saturated heterocycles. The quantitative estimate of drug-likeness (QED) is 0.525. The van der Waals surface area contributed by atoms with Crippen molar-refractivity contribution in [2.24, 2.45) is 5.92 Å². The van der Waals surface area contributed by atoms with Crippen LogP contribution in [0.1, 0.15) is 70.4 Å². The number of aryl methyl sites for hydroxylation is 2. The molecule has 0 spiro atoms. The standard InChI is InChI=1S/C19H30O/c1-4-19(20)11-6-5-9-17-12-14-18(15-13-17)10-7-8-16(2)3/h12-16H,4-11H2,1-3H3. The molecular formula is C19H30O. The van der Waals surface area contributed by atoms with E-state index in [9.17, 15) is 4.79 Å². The Morgan fingerprint density at radius 1 is 0.950 bits per heavy atom. The Morgan fingerprint density at radius 2 is 1.50 bits per heavy atom. The lowest BCUT2D eigenvalue weighted by atomic mass is 10.00. The fourth-order valence-corrected chi connectivity index (χ4v) is 2.42. The van der Waals surface area contributed by atoms with Gasteiger partial charge in [0, 0.05) is 12.8 Å². The van der Waals surface area contributed by atoms with Gasteiger partial charge < -0.3 is 0 Å². The number of carbonyl (C=O) groups is 1. The zero-order valence-corrected chi connectivity index (χ0v) is 13.5. The summed E-state index contributed by atoms with van der Waals surface area (Å²) in [5.41, 5.74) is 2.86. The lowest BCUT2D eigenvalue weighted by molar-refractivity contribution is -0.118. The van der Waals surface area contributed by atoms with Gasteiger partial charge in [0.05, 0.1) is 0 Å². The number of ketones is 1. The van der Waals surface area contributed by atoms with Crippen LogP contribution in [0.3, 0.4) is 0 Å². The first-order valence-corrected chi connectivity index (χ1v) is 8.21. The molecule has 1 aromatic carbocycles. The third-order valence-electron chi connectivity index (χ3n) is 3.84. The lowest BCUT2D eigenvalue weighted by Crippen LogP contribution is -1.95. The molecule has 1 heteroatoms. The predicted octanol–water partition coefficient (Wildman–Crippen LogP) is 5.36. The van der Waals surface area contributed by atoms with Crippen LogP contribution < -0.4 is 0 Å². The SMILES string of the molecule is CCC(=O)CCCCc1ccc(CCCC(C)C)cc1. The van der Waals surface area contributed by atoms with Crippen LogP contribution in [0.15, 0.2) is 24.3 Å². The van der Waals surface area contributed by atoms with Crippen LogP contribution in [-0.2, 0) is 17.6 Å². The number of rotatable bonds is 10. The molecule has 0 aliphatic rings. The molecule has 0 aliphatic heterocycles. The van der Waals surface area contributed by atoms with Gasteiger partial charge in [0.1, 0.15) is 5.78 Å². The van der Waals surface area contributed by atoms with Crippen molar-refractivity contribution in [2.75, 3.05) is 0 Å². The number of unbranched alkanes of at least 4 members (excludes halogenated alkanes) is 1. The molecule has 0 aliphatic carbocycles. The molecular weight excluding hydrogens is 244 g/mol. The molecule has 0 N–H and O–H groups in total. The second-order valence-electron chi connectivity index (χ2n) is 6.20. The zero-order chi connectivity index (χ0) is 14.8. The summed E-state index contributed by atoms with van der Waals surface area (Å²) in [7, 11) is 0. The van der Waals surface area contributed by atoms with Gasteiger partial charge in [-0.1, -0.05) is 51.5 Å². The van der Waals surface area contributed by atoms with Gasteiger partial charge in [-0.25, -0.2) is 0 Å². The summed E-state index contributed by atoms with van der Waals surface area (Å²) in [6.45, 7) is 6.51. The topological polar surface area (TPSA) is 17.1 Å². The molecule has 0 heterocycles. The molecule has 1 rings (SSSR count). The van der Waals surface area contributed by atoms with Crippen molar-refractivity contribution >= 4 is 5.78 Å². The van der Waals surface area contributed by atoms with Gasteiger partial charge in [-0.3, -0.25) is 4.79 Å². The Morgan fingerprint density at radius 3 is 2.00 bits per heavy atom. The van der Waals surface area contributed by atoms with E-state index in [4.69, 9.17) is 0 Å². The van der Waals surface area contributed by atoms with Crippen LogP contribution in [0, 0.1) is 5.92 Å². The molecule has 1 nitrogen and oxygen atoms in total. The first-order valence-electron chi connectivity index (χ1n) is 8.21. The lowest BCUT2D eigenvalue weighted by Gasteiger charge is -2.06. The number of hydrogen-bond donors (Lipinski definition) is 0. The van der Waals surface area contributed by atoms with E-state index in [1.165, 1.54) is 30.4 Å². The van der Waals surface area contributed by atoms with E-state index in [2.05, 4.69) is 38.1 Å². The average molecular weight is 274 g/mol. The van der Waals surface area contributed by atoms with Crippen LogP contribution >= 0.6 is 0 Å². The van der Waals surface area contributed by atoms with Crippen LogP contribution in [0.2, 0.25) is 0 Å². The third kappa shape index (κ3) is 7.47. The summed E-state index contributed by atoms with van der Waals surface area (Å²) in [5, 5.41) is 0. The highest BCUT2D eigenvalue weighted by atomic mass is 16.1. The molecule has 0 atom stereocenters. The van der Waals surface area contributed by atoms with E-state index in [-0.39, 0.29) is 0 Å². The third-order valence-corrected chi connectivity index (χ3v) is 3.84. The fraction of sp³-hybridized carbons (Fsp3) is 0.632. The Kier molecular flexibility index (Phi) is 8.25. The van der Waals surface area contributed by atoms with Gasteiger partial charge in [-0.05, 0) is 49.1 Å². The maximum absolute atomic E-state index is 11.2. The van der Waals surface area contributed by atoms with Crippen molar-refractivity contribution in [3.63, 3.8) is 0 Å². The highest BCUT2D eigenvalue weighted by molar-refractivity contribution is 5.77. The van der Waals surface area contributed by atoms with E-state index in [1.807, 2.05) is 6.92 Å². The molecule has 0 amide bonds. The van der Waals surface area contributed by atoms with Crippen molar-refractivity contribution in [1.29, 1.82) is 0 Å². The Hall–Kier alpha value is -1.11.